The lowest BCUT2D eigenvalue weighted by atomic mass is 10.1. The van der Waals surface area contributed by atoms with E-state index in [0.717, 1.165) is 22.9 Å². The molecule has 0 aliphatic carbocycles. The molecule has 0 saturated heterocycles. The van der Waals surface area contributed by atoms with Crippen molar-refractivity contribution in [2.75, 3.05) is 29.1 Å². The summed E-state index contributed by atoms with van der Waals surface area (Å²) in [5, 5.41) is 31.2. The Kier molecular flexibility index (Phi) is 12.5. The number of fused-ring (bicyclic) bond motifs is 1. The number of aromatic hydroxyl groups is 1. The zero-order valence-electron chi connectivity index (χ0n) is 30.7. The quantitative estimate of drug-likeness (QED) is 0.0279. The highest BCUT2D eigenvalue weighted by Gasteiger charge is 2.24. The average Bonchev–Trinajstić information content (AvgIpc) is 3.16. The maximum atomic E-state index is 12.5. The van der Waals surface area contributed by atoms with Crippen molar-refractivity contribution in [3.05, 3.63) is 107 Å². The van der Waals surface area contributed by atoms with Crippen LogP contribution in [-0.4, -0.2) is 59.2 Å². The van der Waals surface area contributed by atoms with Crippen molar-refractivity contribution in [1.29, 1.82) is 0 Å². The number of nitrogens with zero attached hydrogens (tertiary/aromatic N) is 8. The Morgan fingerprint density at radius 2 is 1.60 bits per heavy atom. The monoisotopic (exact) mass is 846 g/mol. The first-order valence-electron chi connectivity index (χ1n) is 17.3. The van der Waals surface area contributed by atoms with Gasteiger partial charge in [-0.15, -0.1) is 10.2 Å². The molecule has 0 amide bonds. The van der Waals surface area contributed by atoms with Crippen LogP contribution in [0.1, 0.15) is 24.5 Å². The molecule has 1 heterocycles. The number of rotatable bonds is 15. The van der Waals surface area contributed by atoms with Crippen molar-refractivity contribution < 1.29 is 35.2 Å². The molecule has 0 atom stereocenters. The van der Waals surface area contributed by atoms with Gasteiger partial charge in [0.1, 0.15) is 16.3 Å². The minimum atomic E-state index is -4.92. The van der Waals surface area contributed by atoms with Crippen LogP contribution in [0.5, 0.6) is 5.75 Å². The summed E-state index contributed by atoms with van der Waals surface area (Å²) in [5.74, 6) is -0.226. The number of halogens is 1. The molecule has 0 radical (unpaired) electrons. The standard InChI is InChI=1S/C37H35ClN10O8S2/c1-3-48(28-11-4-7-22(2)19-28)37-42-35(38)41-36(43-37)40-26-9-5-10-27(21-26)45-47-33-30(57(50,51)52)20-24-14-17-29(32(39)31(24)34(33)49)46-44-25-15-12-23(13-16-25)8-6-18-56-58(53,54)55/h4-5,7,9-17,19-21,49H,3,6,8,18,39H2,1-2H3,(H,50,51,52)(H,53,54,55)(H,40,41,42,43)/b46-44+,47-45+. The number of hydrogen-bond acceptors (Lipinski definition) is 16. The Bertz CT molecular complexity index is 2770. The first kappa shape index (κ1) is 41.5. The van der Waals surface area contributed by atoms with E-state index in [1.165, 1.54) is 12.1 Å². The first-order valence-corrected chi connectivity index (χ1v) is 20.5. The number of benzene rings is 5. The van der Waals surface area contributed by atoms with Crippen LogP contribution in [0.15, 0.2) is 116 Å². The number of nitrogens with one attached hydrogen (secondary N) is 1. The van der Waals surface area contributed by atoms with E-state index < -0.39 is 36.8 Å². The molecule has 21 heteroatoms. The lowest BCUT2D eigenvalue weighted by molar-refractivity contribution is 0.265. The fourth-order valence-electron chi connectivity index (χ4n) is 5.75. The zero-order chi connectivity index (χ0) is 41.6. The lowest BCUT2D eigenvalue weighted by Crippen LogP contribution is -2.20. The molecule has 6 rings (SSSR count). The van der Waals surface area contributed by atoms with E-state index in [4.69, 9.17) is 21.9 Å². The zero-order valence-corrected chi connectivity index (χ0v) is 33.1. The van der Waals surface area contributed by atoms with Gasteiger partial charge in [-0.3, -0.25) is 9.11 Å². The molecule has 0 spiro atoms. The molecule has 0 aliphatic rings. The third kappa shape index (κ3) is 10.4. The Labute approximate surface area is 337 Å². The normalized spacial score (nSPS) is 12.2. The summed E-state index contributed by atoms with van der Waals surface area (Å²) >= 11 is 6.29. The van der Waals surface area contributed by atoms with Crippen LogP contribution in [0.2, 0.25) is 5.28 Å². The van der Waals surface area contributed by atoms with Gasteiger partial charge >= 0.3 is 10.4 Å². The predicted molar refractivity (Wildman–Crippen MR) is 219 cm³/mol. The smallest absolute Gasteiger partial charge is 0.397 e. The molecule has 6 N–H and O–H groups in total. The maximum Gasteiger partial charge on any atom is 0.397 e. The van der Waals surface area contributed by atoms with E-state index in [9.17, 15) is 26.5 Å². The van der Waals surface area contributed by atoms with E-state index in [1.54, 1.807) is 48.5 Å². The predicted octanol–water partition coefficient (Wildman–Crippen LogP) is 9.01. The van der Waals surface area contributed by atoms with Crippen LogP contribution in [0.25, 0.3) is 10.8 Å². The number of hydrogen-bond donors (Lipinski definition) is 5. The summed E-state index contributed by atoms with van der Waals surface area (Å²) in [6, 6.07) is 25.2. The highest BCUT2D eigenvalue weighted by Crippen LogP contribution is 2.46. The van der Waals surface area contributed by atoms with E-state index in [-0.39, 0.29) is 45.7 Å². The molecule has 0 aliphatic heterocycles. The van der Waals surface area contributed by atoms with Gasteiger partial charge in [0.2, 0.25) is 17.2 Å². The number of aromatic nitrogens is 3. The van der Waals surface area contributed by atoms with Crippen molar-refractivity contribution in [2.45, 2.75) is 31.6 Å². The second kappa shape index (κ2) is 17.5. The summed E-state index contributed by atoms with van der Waals surface area (Å²) in [7, 11) is -9.42. The fourth-order valence-corrected chi connectivity index (χ4v) is 6.89. The van der Waals surface area contributed by atoms with E-state index in [1.807, 2.05) is 43.0 Å². The van der Waals surface area contributed by atoms with Crippen LogP contribution >= 0.6 is 11.6 Å². The Balaban J connectivity index is 1.25. The summed E-state index contributed by atoms with van der Waals surface area (Å²) in [4.78, 5) is 14.2. The number of phenols is 1. The van der Waals surface area contributed by atoms with E-state index in [2.05, 4.69) is 44.9 Å². The van der Waals surface area contributed by atoms with Crippen molar-refractivity contribution in [3.8, 4) is 5.75 Å². The van der Waals surface area contributed by atoms with Gasteiger partial charge in [-0.25, -0.2) is 4.18 Å². The van der Waals surface area contributed by atoms with Crippen LogP contribution in [0.3, 0.4) is 0 Å². The largest absolute Gasteiger partial charge is 0.505 e. The molecular formula is C37H35ClN10O8S2. The van der Waals surface area contributed by atoms with Gasteiger partial charge in [-0.1, -0.05) is 36.4 Å². The van der Waals surface area contributed by atoms with Gasteiger partial charge in [0.15, 0.2) is 5.75 Å². The highest BCUT2D eigenvalue weighted by molar-refractivity contribution is 7.86. The van der Waals surface area contributed by atoms with Gasteiger partial charge < -0.3 is 21.1 Å². The fraction of sp³-hybridized carbons (Fsp3) is 0.162. The molecule has 0 fully saturated rings. The number of phenolic OH excluding ortho intramolecular Hbond substituents is 1. The van der Waals surface area contributed by atoms with Gasteiger partial charge in [0.25, 0.3) is 10.1 Å². The minimum absolute atomic E-state index is 0.00928. The van der Waals surface area contributed by atoms with E-state index in [0.29, 0.717) is 36.7 Å². The molecule has 0 bridgehead atoms. The summed E-state index contributed by atoms with van der Waals surface area (Å²) in [6.07, 6.45) is 0.815. The number of aryl methyl sites for hydroxylation is 2. The van der Waals surface area contributed by atoms with Crippen molar-refractivity contribution in [1.82, 2.24) is 15.0 Å². The Hall–Kier alpha value is -6.16. The molecule has 18 nitrogen and oxygen atoms in total. The topological polar surface area (TPSA) is 268 Å². The molecule has 0 unspecified atom stereocenters. The molecule has 6 aromatic rings. The Morgan fingerprint density at radius 3 is 2.31 bits per heavy atom. The highest BCUT2D eigenvalue weighted by atomic mass is 35.5. The van der Waals surface area contributed by atoms with Crippen molar-refractivity contribution >= 4 is 94.6 Å². The van der Waals surface area contributed by atoms with Gasteiger partial charge in [-0.05, 0) is 109 Å². The molecule has 58 heavy (non-hydrogen) atoms. The second-order valence-corrected chi connectivity index (χ2v) is 15.4. The van der Waals surface area contributed by atoms with E-state index >= 15 is 0 Å². The van der Waals surface area contributed by atoms with Crippen LogP contribution in [-0.2, 0) is 31.1 Å². The van der Waals surface area contributed by atoms with Crippen LogP contribution in [0.4, 0.5) is 51.7 Å². The van der Waals surface area contributed by atoms with Crippen LogP contribution in [0, 0.1) is 6.92 Å². The lowest BCUT2D eigenvalue weighted by Gasteiger charge is -2.21. The minimum Gasteiger partial charge on any atom is -0.505 e. The van der Waals surface area contributed by atoms with Crippen LogP contribution < -0.4 is 16.0 Å². The summed E-state index contributed by atoms with van der Waals surface area (Å²) in [6.45, 7) is 4.30. The number of nitrogen functional groups attached to an aromatic ring is 1. The SMILES string of the molecule is CCN(c1cccc(C)c1)c1nc(Cl)nc(Nc2cccc(/N=N/c3c(S(=O)(=O)O)cc4ccc(/N=N/c5ccc(CCCOS(=O)(=O)O)cc5)c(N)c4c3O)c2)n1. The first-order chi connectivity index (χ1) is 27.6. The third-order valence-electron chi connectivity index (χ3n) is 8.40. The molecule has 1 aromatic heterocycles. The van der Waals surface area contributed by atoms with Crippen molar-refractivity contribution in [3.63, 3.8) is 0 Å². The molecular weight excluding hydrogens is 812 g/mol. The summed E-state index contributed by atoms with van der Waals surface area (Å²) in [5.41, 5.74) is 9.82. The average molecular weight is 847 g/mol. The summed E-state index contributed by atoms with van der Waals surface area (Å²) < 4.78 is 69.5. The third-order valence-corrected chi connectivity index (χ3v) is 9.90. The van der Waals surface area contributed by atoms with Gasteiger partial charge in [-0.2, -0.15) is 42.0 Å². The molecule has 0 saturated carbocycles. The number of azo groups is 2. The molecule has 300 valence electrons. The van der Waals surface area contributed by atoms with Crippen molar-refractivity contribution in [2.24, 2.45) is 20.5 Å². The van der Waals surface area contributed by atoms with Gasteiger partial charge in [0, 0.05) is 17.9 Å². The number of nitrogens with two attached hydrogens (primary N) is 1. The second-order valence-electron chi connectivity index (χ2n) is 12.5. The number of anilines is 5. The molecule has 5 aromatic carbocycles. The maximum absolute atomic E-state index is 12.5. The Morgan fingerprint density at radius 1 is 0.862 bits per heavy atom. The van der Waals surface area contributed by atoms with Gasteiger partial charge in [0.05, 0.1) is 29.1 Å².